The van der Waals surface area contributed by atoms with E-state index in [0.717, 1.165) is 45.7 Å². The summed E-state index contributed by atoms with van der Waals surface area (Å²) in [6.07, 6.45) is 4.58. The minimum Gasteiger partial charge on any atom is -0.381 e. The fourth-order valence-electron chi connectivity index (χ4n) is 1.60. The Morgan fingerprint density at radius 1 is 0.824 bits per heavy atom. The molecule has 1 rings (SSSR count). The van der Waals surface area contributed by atoms with E-state index in [1.54, 1.807) is 0 Å². The lowest BCUT2D eigenvalue weighted by molar-refractivity contribution is 0.107. The van der Waals surface area contributed by atoms with Crippen LogP contribution in [0.1, 0.15) is 38.2 Å². The lowest BCUT2D eigenvalue weighted by atomic mass is 10.2. The topological polar surface area (TPSA) is 18.5 Å². The Morgan fingerprint density at radius 3 is 2.24 bits per heavy atom. The van der Waals surface area contributed by atoms with Crippen molar-refractivity contribution in [2.24, 2.45) is 0 Å². The molecule has 0 unspecified atom stereocenters. The molecule has 0 spiro atoms. The average Bonchev–Trinajstić information content (AvgIpc) is 2.38. The molecule has 0 heterocycles. The summed E-state index contributed by atoms with van der Waals surface area (Å²) in [6.45, 7) is 5.50. The van der Waals surface area contributed by atoms with E-state index < -0.39 is 0 Å². The lowest BCUT2D eigenvalue weighted by Gasteiger charge is -2.05. The van der Waals surface area contributed by atoms with Crippen molar-refractivity contribution in [3.8, 4) is 0 Å². The second-order valence-electron chi connectivity index (χ2n) is 4.21. The fourth-order valence-corrected chi connectivity index (χ4v) is 1.60. The Labute approximate surface area is 105 Å². The van der Waals surface area contributed by atoms with Crippen LogP contribution in [-0.2, 0) is 16.1 Å². The second-order valence-corrected chi connectivity index (χ2v) is 4.21. The molecule has 17 heavy (non-hydrogen) atoms. The molecule has 0 bridgehead atoms. The molecule has 0 N–H and O–H groups in total. The third-order valence-corrected chi connectivity index (χ3v) is 2.54. The lowest BCUT2D eigenvalue weighted by Crippen LogP contribution is -1.98. The maximum absolute atomic E-state index is 5.61. The third kappa shape index (κ3) is 7.94. The van der Waals surface area contributed by atoms with Gasteiger partial charge in [0.1, 0.15) is 0 Å². The monoisotopic (exact) mass is 236 g/mol. The molecule has 0 aliphatic carbocycles. The van der Waals surface area contributed by atoms with Crippen LogP contribution in [-0.4, -0.2) is 19.8 Å². The van der Waals surface area contributed by atoms with Gasteiger partial charge in [-0.3, -0.25) is 0 Å². The van der Waals surface area contributed by atoms with Gasteiger partial charge >= 0.3 is 0 Å². The minimum atomic E-state index is 0.729. The molecule has 0 radical (unpaired) electrons. The number of hydrogen-bond acceptors (Lipinski definition) is 2. The van der Waals surface area contributed by atoms with Crippen molar-refractivity contribution in [3.63, 3.8) is 0 Å². The van der Waals surface area contributed by atoms with Gasteiger partial charge in [0, 0.05) is 19.8 Å². The van der Waals surface area contributed by atoms with Gasteiger partial charge in [-0.1, -0.05) is 37.3 Å². The highest BCUT2D eigenvalue weighted by molar-refractivity contribution is 5.13. The van der Waals surface area contributed by atoms with Crippen LogP contribution >= 0.6 is 0 Å². The zero-order chi connectivity index (χ0) is 12.2. The molecule has 1 aromatic rings. The van der Waals surface area contributed by atoms with E-state index >= 15 is 0 Å². The summed E-state index contributed by atoms with van der Waals surface area (Å²) >= 11 is 0. The first-order valence-electron chi connectivity index (χ1n) is 6.63. The summed E-state index contributed by atoms with van der Waals surface area (Å²) < 4.78 is 11.0. The van der Waals surface area contributed by atoms with Crippen LogP contribution in [0.5, 0.6) is 0 Å². The van der Waals surface area contributed by atoms with Crippen molar-refractivity contribution in [1.82, 2.24) is 0 Å². The van der Waals surface area contributed by atoms with Gasteiger partial charge in [0.2, 0.25) is 0 Å². The summed E-state index contributed by atoms with van der Waals surface area (Å²) in [5, 5.41) is 0. The molecule has 0 saturated heterocycles. The Balaban J connectivity index is 1.85. The van der Waals surface area contributed by atoms with Gasteiger partial charge in [-0.15, -0.1) is 0 Å². The van der Waals surface area contributed by atoms with Crippen molar-refractivity contribution >= 4 is 0 Å². The average molecular weight is 236 g/mol. The highest BCUT2D eigenvalue weighted by atomic mass is 16.5. The van der Waals surface area contributed by atoms with Crippen LogP contribution in [0.4, 0.5) is 0 Å². The predicted molar refractivity (Wildman–Crippen MR) is 71.1 cm³/mol. The maximum Gasteiger partial charge on any atom is 0.0716 e. The summed E-state index contributed by atoms with van der Waals surface area (Å²) in [4.78, 5) is 0. The van der Waals surface area contributed by atoms with Gasteiger partial charge in [-0.25, -0.2) is 0 Å². The molecule has 1 aromatic carbocycles. The molecule has 0 aliphatic heterocycles. The van der Waals surface area contributed by atoms with Crippen LogP contribution in [0.2, 0.25) is 0 Å². The number of rotatable bonds is 10. The van der Waals surface area contributed by atoms with E-state index in [2.05, 4.69) is 19.1 Å². The van der Waals surface area contributed by atoms with Crippen LogP contribution in [0, 0.1) is 0 Å². The molecular formula is C15H24O2. The first-order valence-corrected chi connectivity index (χ1v) is 6.63. The van der Waals surface area contributed by atoms with Crippen LogP contribution in [0.15, 0.2) is 30.3 Å². The van der Waals surface area contributed by atoms with E-state index in [1.807, 2.05) is 18.2 Å². The van der Waals surface area contributed by atoms with E-state index in [4.69, 9.17) is 9.47 Å². The van der Waals surface area contributed by atoms with Crippen LogP contribution in [0.25, 0.3) is 0 Å². The first-order chi connectivity index (χ1) is 8.43. The van der Waals surface area contributed by atoms with Gasteiger partial charge in [0.15, 0.2) is 0 Å². The zero-order valence-corrected chi connectivity index (χ0v) is 10.9. The highest BCUT2D eigenvalue weighted by Crippen LogP contribution is 2.02. The molecule has 96 valence electrons. The molecule has 0 fully saturated rings. The minimum absolute atomic E-state index is 0.729. The van der Waals surface area contributed by atoms with Crippen LogP contribution in [0.3, 0.4) is 0 Å². The van der Waals surface area contributed by atoms with Crippen molar-refractivity contribution < 1.29 is 9.47 Å². The molecule has 0 amide bonds. The quantitative estimate of drug-likeness (QED) is 0.575. The van der Waals surface area contributed by atoms with Crippen molar-refractivity contribution in [2.45, 2.75) is 39.2 Å². The SMILES string of the molecule is CCCOCCCCCOCc1ccccc1. The Kier molecular flexibility index (Phi) is 8.61. The third-order valence-electron chi connectivity index (χ3n) is 2.54. The van der Waals surface area contributed by atoms with E-state index in [-0.39, 0.29) is 0 Å². The summed E-state index contributed by atoms with van der Waals surface area (Å²) in [6, 6.07) is 10.3. The Bertz CT molecular complexity index is 259. The normalized spacial score (nSPS) is 10.6. The summed E-state index contributed by atoms with van der Waals surface area (Å²) in [5.74, 6) is 0. The van der Waals surface area contributed by atoms with Gasteiger partial charge < -0.3 is 9.47 Å². The second kappa shape index (κ2) is 10.3. The maximum atomic E-state index is 5.61. The van der Waals surface area contributed by atoms with Crippen molar-refractivity contribution in [1.29, 1.82) is 0 Å². The zero-order valence-electron chi connectivity index (χ0n) is 10.9. The number of ether oxygens (including phenoxy) is 2. The van der Waals surface area contributed by atoms with Gasteiger partial charge in [0.05, 0.1) is 6.61 Å². The predicted octanol–water partition coefficient (Wildman–Crippen LogP) is 3.80. The highest BCUT2D eigenvalue weighted by Gasteiger charge is 1.93. The molecule has 2 nitrogen and oxygen atoms in total. The van der Waals surface area contributed by atoms with Gasteiger partial charge in [0.25, 0.3) is 0 Å². The molecular weight excluding hydrogens is 212 g/mol. The van der Waals surface area contributed by atoms with Crippen molar-refractivity contribution in [2.75, 3.05) is 19.8 Å². The number of benzene rings is 1. The van der Waals surface area contributed by atoms with E-state index in [0.29, 0.717) is 0 Å². The molecule has 0 aromatic heterocycles. The largest absolute Gasteiger partial charge is 0.381 e. The standard InChI is InChI=1S/C15H24O2/c1-2-11-16-12-7-4-8-13-17-14-15-9-5-3-6-10-15/h3,5-6,9-10H,2,4,7-8,11-14H2,1H3. The van der Waals surface area contributed by atoms with Gasteiger partial charge in [-0.05, 0) is 31.2 Å². The summed E-state index contributed by atoms with van der Waals surface area (Å²) in [5.41, 5.74) is 1.25. The van der Waals surface area contributed by atoms with Crippen molar-refractivity contribution in [3.05, 3.63) is 35.9 Å². The van der Waals surface area contributed by atoms with Gasteiger partial charge in [-0.2, -0.15) is 0 Å². The first kappa shape index (κ1) is 14.2. The summed E-state index contributed by atoms with van der Waals surface area (Å²) in [7, 11) is 0. The fraction of sp³-hybridized carbons (Fsp3) is 0.600. The Hall–Kier alpha value is -0.860. The molecule has 2 heteroatoms. The molecule has 0 aliphatic rings. The smallest absolute Gasteiger partial charge is 0.0716 e. The number of hydrogen-bond donors (Lipinski definition) is 0. The van der Waals surface area contributed by atoms with Crippen LogP contribution < -0.4 is 0 Å². The number of unbranched alkanes of at least 4 members (excludes halogenated alkanes) is 2. The van der Waals surface area contributed by atoms with E-state index in [1.165, 1.54) is 12.0 Å². The van der Waals surface area contributed by atoms with E-state index in [9.17, 15) is 0 Å². The molecule has 0 saturated carbocycles. The Morgan fingerprint density at radius 2 is 1.53 bits per heavy atom. The molecule has 0 atom stereocenters.